The molecule has 0 atom stereocenters. The van der Waals surface area contributed by atoms with Gasteiger partial charge in [0.15, 0.2) is 0 Å². The molecule has 0 radical (unpaired) electrons. The van der Waals surface area contributed by atoms with E-state index in [1.807, 2.05) is 47.5 Å². The molecule has 0 bridgehead atoms. The third-order valence-electron chi connectivity index (χ3n) is 4.75. The Morgan fingerprint density at radius 3 is 2.69 bits per heavy atom. The Kier molecular flexibility index (Phi) is 6.47. The predicted molar refractivity (Wildman–Crippen MR) is 108 cm³/mol. The molecule has 0 spiro atoms. The van der Waals surface area contributed by atoms with Crippen LogP contribution in [0.3, 0.4) is 0 Å². The van der Waals surface area contributed by atoms with Gasteiger partial charge in [0.25, 0.3) is 0 Å². The number of hydrogen-bond acceptors (Lipinski definition) is 4. The number of hydrogen-bond donors (Lipinski definition) is 0. The zero-order valence-corrected chi connectivity index (χ0v) is 16.3. The molecule has 0 N–H and O–H groups in total. The van der Waals surface area contributed by atoms with Crippen LogP contribution in [0.25, 0.3) is 6.08 Å². The number of carbonyl (C=O) groups is 1. The van der Waals surface area contributed by atoms with Gasteiger partial charge in [-0.2, -0.15) is 0 Å². The second-order valence-corrected chi connectivity index (χ2v) is 7.56. The van der Waals surface area contributed by atoms with Gasteiger partial charge in [0.1, 0.15) is 5.75 Å². The second kappa shape index (κ2) is 9.01. The molecule has 1 fully saturated rings. The van der Waals surface area contributed by atoms with Gasteiger partial charge < -0.3 is 9.64 Å². The molecule has 0 unspecified atom stereocenters. The predicted octanol–water partition coefficient (Wildman–Crippen LogP) is 3.55. The van der Waals surface area contributed by atoms with E-state index < -0.39 is 0 Å². The molecule has 5 heteroatoms. The summed E-state index contributed by atoms with van der Waals surface area (Å²) in [6.45, 7) is 6.39. The highest BCUT2D eigenvalue weighted by Crippen LogP contribution is 2.16. The van der Waals surface area contributed by atoms with Crippen molar-refractivity contribution >= 4 is 23.3 Å². The van der Waals surface area contributed by atoms with Gasteiger partial charge in [0.2, 0.25) is 5.91 Å². The molecule has 138 valence electrons. The quantitative estimate of drug-likeness (QED) is 0.729. The Labute approximate surface area is 159 Å². The molecule has 0 saturated carbocycles. The van der Waals surface area contributed by atoms with E-state index in [2.05, 4.69) is 17.0 Å². The number of rotatable bonds is 6. The Morgan fingerprint density at radius 1 is 1.19 bits per heavy atom. The number of methoxy groups -OCH3 is 1. The van der Waals surface area contributed by atoms with Crippen molar-refractivity contribution in [2.75, 3.05) is 39.8 Å². The number of amides is 1. The topological polar surface area (TPSA) is 32.8 Å². The third kappa shape index (κ3) is 4.96. The summed E-state index contributed by atoms with van der Waals surface area (Å²) in [5.41, 5.74) is 2.11. The molecule has 1 aromatic carbocycles. The highest BCUT2D eigenvalue weighted by molar-refractivity contribution is 7.10. The van der Waals surface area contributed by atoms with Crippen LogP contribution in [-0.4, -0.2) is 55.5 Å². The highest BCUT2D eigenvalue weighted by Gasteiger charge is 2.21. The van der Waals surface area contributed by atoms with Gasteiger partial charge in [-0.3, -0.25) is 9.69 Å². The molecule has 2 heterocycles. The van der Waals surface area contributed by atoms with E-state index in [0.717, 1.165) is 55.3 Å². The largest absolute Gasteiger partial charge is 0.497 e. The summed E-state index contributed by atoms with van der Waals surface area (Å²) in [7, 11) is 1.70. The lowest BCUT2D eigenvalue weighted by molar-refractivity contribution is -0.128. The molecule has 1 saturated heterocycles. The summed E-state index contributed by atoms with van der Waals surface area (Å²) in [5, 5.41) is 2.03. The first kappa shape index (κ1) is 18.7. The van der Waals surface area contributed by atoms with E-state index in [1.54, 1.807) is 18.4 Å². The molecule has 26 heavy (non-hydrogen) atoms. The number of benzene rings is 1. The van der Waals surface area contributed by atoms with E-state index in [-0.39, 0.29) is 5.91 Å². The van der Waals surface area contributed by atoms with Gasteiger partial charge in [-0.05, 0) is 48.6 Å². The number of carbonyl (C=O) groups excluding carboxylic acids is 1. The van der Waals surface area contributed by atoms with Crippen molar-refractivity contribution in [3.63, 3.8) is 0 Å². The Balaban J connectivity index is 1.47. The standard InChI is InChI=1S/C21H26N2O2S/c1-17(15-20-7-4-14-26-20)21(24)23-12-10-22(11-13-23)9-8-18-5-3-6-19(16-18)25-2/h3-7,14-16H,8-13H2,1-2H3/b17-15+. The molecule has 1 aliphatic heterocycles. The normalized spacial score (nSPS) is 15.9. The summed E-state index contributed by atoms with van der Waals surface area (Å²) in [5.74, 6) is 1.07. The van der Waals surface area contributed by atoms with Gasteiger partial charge in [-0.1, -0.05) is 18.2 Å². The third-order valence-corrected chi connectivity index (χ3v) is 5.57. The van der Waals surface area contributed by atoms with E-state index in [1.165, 1.54) is 5.56 Å². The van der Waals surface area contributed by atoms with Crippen molar-refractivity contribution in [2.45, 2.75) is 13.3 Å². The molecule has 1 aliphatic rings. The van der Waals surface area contributed by atoms with E-state index in [4.69, 9.17) is 4.74 Å². The maximum atomic E-state index is 12.6. The van der Waals surface area contributed by atoms with Crippen LogP contribution in [0.4, 0.5) is 0 Å². The molecule has 3 rings (SSSR count). The molecular weight excluding hydrogens is 344 g/mol. The van der Waals surface area contributed by atoms with Gasteiger partial charge >= 0.3 is 0 Å². The van der Waals surface area contributed by atoms with Crippen LogP contribution in [0.2, 0.25) is 0 Å². The zero-order chi connectivity index (χ0) is 18.4. The van der Waals surface area contributed by atoms with Crippen LogP contribution in [0.5, 0.6) is 5.75 Å². The lowest BCUT2D eigenvalue weighted by atomic mass is 10.1. The molecule has 2 aromatic rings. The monoisotopic (exact) mass is 370 g/mol. The fraction of sp³-hybridized carbons (Fsp3) is 0.381. The maximum Gasteiger partial charge on any atom is 0.249 e. The van der Waals surface area contributed by atoms with Crippen molar-refractivity contribution in [3.05, 3.63) is 57.8 Å². The number of nitrogens with zero attached hydrogens (tertiary/aromatic N) is 2. The highest BCUT2D eigenvalue weighted by atomic mass is 32.1. The number of ether oxygens (including phenoxy) is 1. The average molecular weight is 371 g/mol. The SMILES string of the molecule is COc1cccc(CCN2CCN(C(=O)/C(C)=C/c3cccs3)CC2)c1. The van der Waals surface area contributed by atoms with Crippen molar-refractivity contribution in [3.8, 4) is 5.75 Å². The molecule has 1 aromatic heterocycles. The molecular formula is C21H26N2O2S. The maximum absolute atomic E-state index is 12.6. The first-order valence-corrected chi connectivity index (χ1v) is 9.90. The number of piperazine rings is 1. The average Bonchev–Trinajstić information content (AvgIpc) is 3.19. The van der Waals surface area contributed by atoms with Gasteiger partial charge in [-0.25, -0.2) is 0 Å². The van der Waals surface area contributed by atoms with Crippen LogP contribution in [0.1, 0.15) is 17.4 Å². The minimum atomic E-state index is 0.158. The minimum Gasteiger partial charge on any atom is -0.497 e. The van der Waals surface area contributed by atoms with Crippen molar-refractivity contribution in [1.82, 2.24) is 9.80 Å². The summed E-state index contributed by atoms with van der Waals surface area (Å²) in [6.07, 6.45) is 2.99. The van der Waals surface area contributed by atoms with Gasteiger partial charge in [0.05, 0.1) is 7.11 Å². The summed E-state index contributed by atoms with van der Waals surface area (Å²) < 4.78 is 5.28. The van der Waals surface area contributed by atoms with E-state index >= 15 is 0 Å². The fourth-order valence-corrected chi connectivity index (χ4v) is 3.90. The summed E-state index contributed by atoms with van der Waals surface area (Å²) in [4.78, 5) is 18.1. The van der Waals surface area contributed by atoms with Crippen molar-refractivity contribution in [2.24, 2.45) is 0 Å². The smallest absolute Gasteiger partial charge is 0.249 e. The summed E-state index contributed by atoms with van der Waals surface area (Å²) >= 11 is 1.66. The molecule has 4 nitrogen and oxygen atoms in total. The fourth-order valence-electron chi connectivity index (χ4n) is 3.19. The van der Waals surface area contributed by atoms with E-state index in [0.29, 0.717) is 0 Å². The van der Waals surface area contributed by atoms with Crippen LogP contribution in [0, 0.1) is 0 Å². The lowest BCUT2D eigenvalue weighted by Crippen LogP contribution is -2.49. The van der Waals surface area contributed by atoms with Gasteiger partial charge in [-0.15, -0.1) is 11.3 Å². The Morgan fingerprint density at radius 2 is 2.00 bits per heavy atom. The second-order valence-electron chi connectivity index (χ2n) is 6.58. The first-order chi connectivity index (χ1) is 12.7. The molecule has 1 amide bonds. The van der Waals surface area contributed by atoms with Gasteiger partial charge in [0, 0.05) is 43.2 Å². The molecule has 0 aliphatic carbocycles. The summed E-state index contributed by atoms with van der Waals surface area (Å²) in [6, 6.07) is 12.3. The minimum absolute atomic E-state index is 0.158. The zero-order valence-electron chi connectivity index (χ0n) is 15.5. The first-order valence-electron chi connectivity index (χ1n) is 9.02. The van der Waals surface area contributed by atoms with E-state index in [9.17, 15) is 4.79 Å². The van der Waals surface area contributed by atoms with Crippen LogP contribution < -0.4 is 4.74 Å². The Hall–Kier alpha value is -2.11. The lowest BCUT2D eigenvalue weighted by Gasteiger charge is -2.35. The van der Waals surface area contributed by atoms with Crippen LogP contribution >= 0.6 is 11.3 Å². The van der Waals surface area contributed by atoms with Crippen molar-refractivity contribution in [1.29, 1.82) is 0 Å². The van der Waals surface area contributed by atoms with Crippen molar-refractivity contribution < 1.29 is 9.53 Å². The Bertz CT molecular complexity index is 747. The van der Waals surface area contributed by atoms with Crippen LogP contribution in [-0.2, 0) is 11.2 Å². The number of thiophene rings is 1. The van der Waals surface area contributed by atoms with Crippen LogP contribution in [0.15, 0.2) is 47.4 Å².